The summed E-state index contributed by atoms with van der Waals surface area (Å²) in [6, 6.07) is 2.99. The number of aliphatic hydroxyl groups excluding tert-OH is 1. The van der Waals surface area contributed by atoms with Gasteiger partial charge >= 0.3 is 0 Å². The molecule has 0 aliphatic heterocycles. The van der Waals surface area contributed by atoms with Crippen LogP contribution in [0.3, 0.4) is 0 Å². The summed E-state index contributed by atoms with van der Waals surface area (Å²) in [5.74, 6) is 0.0298. The number of aliphatic hydroxyl groups is 1. The molecule has 1 aromatic heterocycles. The highest BCUT2D eigenvalue weighted by Gasteiger charge is 2.14. The number of benzene rings is 1. The summed E-state index contributed by atoms with van der Waals surface area (Å²) < 4.78 is 5.03. The highest BCUT2D eigenvalue weighted by molar-refractivity contribution is 5.80. The molecule has 2 aromatic rings. The number of nitrogens with zero attached hydrogens (tertiary/aromatic N) is 1. The van der Waals surface area contributed by atoms with E-state index in [1.54, 1.807) is 12.1 Å². The fourth-order valence-electron chi connectivity index (χ4n) is 1.53. The zero-order chi connectivity index (χ0) is 10.8. The molecule has 2 rings (SSSR count). The molecule has 0 spiro atoms. The van der Waals surface area contributed by atoms with E-state index in [-0.39, 0.29) is 12.4 Å². The van der Waals surface area contributed by atoms with Crippen LogP contribution in [0.2, 0.25) is 0 Å². The summed E-state index contributed by atoms with van der Waals surface area (Å²) in [7, 11) is 0. The number of hydrogen-bond donors (Lipinski definition) is 3. The summed E-state index contributed by atoms with van der Waals surface area (Å²) in [6.07, 6.45) is 1.67. The second-order valence-electron chi connectivity index (χ2n) is 3.32. The van der Waals surface area contributed by atoms with Crippen molar-refractivity contribution in [2.24, 2.45) is 5.73 Å². The van der Waals surface area contributed by atoms with E-state index in [0.29, 0.717) is 23.1 Å². The highest BCUT2D eigenvalue weighted by Crippen LogP contribution is 2.31. The molecule has 0 amide bonds. The third kappa shape index (κ3) is 1.67. The Morgan fingerprint density at radius 1 is 1.47 bits per heavy atom. The third-order valence-electron chi connectivity index (χ3n) is 2.35. The lowest BCUT2D eigenvalue weighted by Gasteiger charge is -2.11. The predicted octanol–water partition coefficient (Wildman–Crippen LogP) is 0.916. The lowest BCUT2D eigenvalue weighted by molar-refractivity contribution is 0.275. The summed E-state index contributed by atoms with van der Waals surface area (Å²) in [5.41, 5.74) is 7.29. The Balaban J connectivity index is 2.47. The SMILES string of the molecule is NC(CCO)c1ccc2ocnc2c1O. The lowest BCUT2D eigenvalue weighted by atomic mass is 10.0. The first-order chi connectivity index (χ1) is 7.24. The number of oxazole rings is 1. The van der Waals surface area contributed by atoms with Crippen molar-refractivity contribution < 1.29 is 14.6 Å². The molecular formula is C10H12N2O3. The van der Waals surface area contributed by atoms with Crippen molar-refractivity contribution in [2.75, 3.05) is 6.61 Å². The molecule has 0 radical (unpaired) electrons. The largest absolute Gasteiger partial charge is 0.505 e. The Morgan fingerprint density at radius 3 is 3.00 bits per heavy atom. The van der Waals surface area contributed by atoms with Gasteiger partial charge in [-0.2, -0.15) is 0 Å². The van der Waals surface area contributed by atoms with Crippen LogP contribution in [0, 0.1) is 0 Å². The smallest absolute Gasteiger partial charge is 0.182 e. The Morgan fingerprint density at radius 2 is 2.27 bits per heavy atom. The van der Waals surface area contributed by atoms with E-state index in [1.165, 1.54) is 6.39 Å². The van der Waals surface area contributed by atoms with Gasteiger partial charge in [0.15, 0.2) is 17.5 Å². The number of phenols is 1. The van der Waals surface area contributed by atoms with E-state index in [2.05, 4.69) is 4.98 Å². The van der Waals surface area contributed by atoms with Gasteiger partial charge in [-0.1, -0.05) is 0 Å². The fourth-order valence-corrected chi connectivity index (χ4v) is 1.53. The van der Waals surface area contributed by atoms with Gasteiger partial charge in [0, 0.05) is 18.2 Å². The molecular weight excluding hydrogens is 196 g/mol. The van der Waals surface area contributed by atoms with Crippen LogP contribution in [-0.2, 0) is 0 Å². The van der Waals surface area contributed by atoms with Crippen molar-refractivity contribution in [1.82, 2.24) is 4.98 Å². The Labute approximate surface area is 86.2 Å². The van der Waals surface area contributed by atoms with Crippen LogP contribution in [0.4, 0.5) is 0 Å². The van der Waals surface area contributed by atoms with Crippen molar-refractivity contribution in [3.63, 3.8) is 0 Å². The predicted molar refractivity (Wildman–Crippen MR) is 54.3 cm³/mol. The Bertz CT molecular complexity index is 467. The normalized spacial score (nSPS) is 13.2. The third-order valence-corrected chi connectivity index (χ3v) is 2.35. The first kappa shape index (κ1) is 9.95. The molecule has 0 aliphatic carbocycles. The van der Waals surface area contributed by atoms with Crippen LogP contribution >= 0.6 is 0 Å². The van der Waals surface area contributed by atoms with Gasteiger partial charge < -0.3 is 20.4 Å². The van der Waals surface area contributed by atoms with Crippen molar-refractivity contribution in [3.05, 3.63) is 24.1 Å². The van der Waals surface area contributed by atoms with Gasteiger partial charge in [-0.3, -0.25) is 0 Å². The van der Waals surface area contributed by atoms with Crippen LogP contribution in [0.1, 0.15) is 18.0 Å². The van der Waals surface area contributed by atoms with Crippen molar-refractivity contribution >= 4 is 11.1 Å². The molecule has 4 N–H and O–H groups in total. The molecule has 0 saturated heterocycles. The molecule has 0 bridgehead atoms. The highest BCUT2D eigenvalue weighted by atomic mass is 16.3. The number of nitrogens with two attached hydrogens (primary N) is 1. The molecule has 1 atom stereocenters. The molecule has 0 aliphatic rings. The Kier molecular flexibility index (Phi) is 2.57. The minimum Gasteiger partial charge on any atom is -0.505 e. The maximum Gasteiger partial charge on any atom is 0.182 e. The number of hydrogen-bond acceptors (Lipinski definition) is 5. The molecule has 80 valence electrons. The second kappa shape index (κ2) is 3.88. The van der Waals surface area contributed by atoms with Gasteiger partial charge in [0.2, 0.25) is 0 Å². The summed E-state index contributed by atoms with van der Waals surface area (Å²) >= 11 is 0. The van der Waals surface area contributed by atoms with Crippen molar-refractivity contribution in [3.8, 4) is 5.75 Å². The average molecular weight is 208 g/mol. The number of aromatic hydroxyl groups is 1. The monoisotopic (exact) mass is 208 g/mol. The summed E-state index contributed by atoms with van der Waals surface area (Å²) in [5, 5.41) is 18.6. The number of rotatable bonds is 3. The lowest BCUT2D eigenvalue weighted by Crippen LogP contribution is -2.12. The topological polar surface area (TPSA) is 92.5 Å². The van der Waals surface area contributed by atoms with E-state index in [1.807, 2.05) is 0 Å². The standard InChI is InChI=1S/C10H12N2O3/c11-7(3-4-13)6-1-2-8-9(10(6)14)12-5-15-8/h1-2,5,7,13-14H,3-4,11H2. The Hall–Kier alpha value is -1.59. The first-order valence-electron chi connectivity index (χ1n) is 4.65. The first-order valence-corrected chi connectivity index (χ1v) is 4.65. The zero-order valence-corrected chi connectivity index (χ0v) is 8.05. The minimum absolute atomic E-state index is 0.0164. The van der Waals surface area contributed by atoms with E-state index in [9.17, 15) is 5.11 Å². The van der Waals surface area contributed by atoms with E-state index < -0.39 is 6.04 Å². The number of phenolic OH excluding ortho intramolecular Hbond substituents is 1. The average Bonchev–Trinajstić information content (AvgIpc) is 2.67. The molecule has 5 heteroatoms. The molecule has 0 saturated carbocycles. The molecule has 1 heterocycles. The van der Waals surface area contributed by atoms with Gasteiger partial charge in [-0.25, -0.2) is 4.98 Å². The number of aromatic nitrogens is 1. The summed E-state index contributed by atoms with van der Waals surface area (Å²) in [6.45, 7) is -0.0164. The van der Waals surface area contributed by atoms with Crippen LogP contribution in [-0.4, -0.2) is 21.8 Å². The molecule has 15 heavy (non-hydrogen) atoms. The quantitative estimate of drug-likeness (QED) is 0.697. The van der Waals surface area contributed by atoms with E-state index in [4.69, 9.17) is 15.3 Å². The number of fused-ring (bicyclic) bond motifs is 1. The van der Waals surface area contributed by atoms with Crippen LogP contribution < -0.4 is 5.73 Å². The zero-order valence-electron chi connectivity index (χ0n) is 8.05. The minimum atomic E-state index is -0.393. The van der Waals surface area contributed by atoms with E-state index in [0.717, 1.165) is 0 Å². The molecule has 1 aromatic carbocycles. The van der Waals surface area contributed by atoms with E-state index >= 15 is 0 Å². The fraction of sp³-hybridized carbons (Fsp3) is 0.300. The van der Waals surface area contributed by atoms with Crippen LogP contribution in [0.25, 0.3) is 11.1 Å². The van der Waals surface area contributed by atoms with Gasteiger partial charge in [-0.05, 0) is 18.6 Å². The van der Waals surface area contributed by atoms with Crippen molar-refractivity contribution in [2.45, 2.75) is 12.5 Å². The van der Waals surface area contributed by atoms with Gasteiger partial charge in [-0.15, -0.1) is 0 Å². The van der Waals surface area contributed by atoms with Crippen LogP contribution in [0.5, 0.6) is 5.75 Å². The molecule has 1 unspecified atom stereocenters. The van der Waals surface area contributed by atoms with Gasteiger partial charge in [0.25, 0.3) is 0 Å². The molecule has 0 fully saturated rings. The summed E-state index contributed by atoms with van der Waals surface area (Å²) in [4.78, 5) is 3.89. The maximum atomic E-state index is 9.85. The van der Waals surface area contributed by atoms with Gasteiger partial charge in [0.05, 0.1) is 0 Å². The van der Waals surface area contributed by atoms with Crippen molar-refractivity contribution in [1.29, 1.82) is 0 Å². The molecule has 5 nitrogen and oxygen atoms in total. The second-order valence-corrected chi connectivity index (χ2v) is 3.32. The van der Waals surface area contributed by atoms with Crippen LogP contribution in [0.15, 0.2) is 22.9 Å². The maximum absolute atomic E-state index is 9.85. The van der Waals surface area contributed by atoms with Gasteiger partial charge in [0.1, 0.15) is 5.75 Å².